The fourth-order valence-electron chi connectivity index (χ4n) is 2.55. The zero-order chi connectivity index (χ0) is 14.7. The molecule has 1 saturated heterocycles. The molecule has 2 aromatic rings. The number of rotatable bonds is 3. The van der Waals surface area contributed by atoms with Gasteiger partial charge in [0.1, 0.15) is 5.82 Å². The lowest BCUT2D eigenvalue weighted by Crippen LogP contribution is -2.29. The van der Waals surface area contributed by atoms with E-state index in [0.717, 1.165) is 24.5 Å². The molecule has 1 aliphatic rings. The standard InChI is InChI=1S/C15H19N5S/c1-12-17-18-15(21)20(12)16-11-13-5-7-14(8-6-13)19-9-3-2-4-10-19/h5-8,11H,2-4,9-10H2,1H3,(H,18,21)/b16-11-. The van der Waals surface area contributed by atoms with Gasteiger partial charge in [-0.1, -0.05) is 12.1 Å². The van der Waals surface area contributed by atoms with Crippen LogP contribution in [0.3, 0.4) is 0 Å². The highest BCUT2D eigenvalue weighted by Crippen LogP contribution is 2.19. The van der Waals surface area contributed by atoms with E-state index in [9.17, 15) is 0 Å². The number of H-pyrrole nitrogens is 1. The van der Waals surface area contributed by atoms with E-state index in [1.54, 1.807) is 10.9 Å². The number of hydrogen-bond acceptors (Lipinski definition) is 4. The number of aromatic amines is 1. The molecule has 0 spiro atoms. The van der Waals surface area contributed by atoms with E-state index in [0.29, 0.717) is 4.77 Å². The Morgan fingerprint density at radius 3 is 2.52 bits per heavy atom. The third-order valence-electron chi connectivity index (χ3n) is 3.75. The van der Waals surface area contributed by atoms with Crippen molar-refractivity contribution in [2.75, 3.05) is 18.0 Å². The zero-order valence-electron chi connectivity index (χ0n) is 12.1. The Morgan fingerprint density at radius 1 is 1.19 bits per heavy atom. The summed E-state index contributed by atoms with van der Waals surface area (Å²) in [5, 5.41) is 11.1. The lowest BCUT2D eigenvalue weighted by atomic mass is 10.1. The van der Waals surface area contributed by atoms with Crippen LogP contribution in [0, 0.1) is 11.7 Å². The Hall–Kier alpha value is -1.95. The first-order valence-electron chi connectivity index (χ1n) is 7.27. The normalized spacial score (nSPS) is 15.8. The maximum atomic E-state index is 5.12. The Balaban J connectivity index is 1.74. The summed E-state index contributed by atoms with van der Waals surface area (Å²) in [4.78, 5) is 2.45. The van der Waals surface area contributed by atoms with Crippen molar-refractivity contribution in [2.24, 2.45) is 5.10 Å². The summed E-state index contributed by atoms with van der Waals surface area (Å²) in [5.74, 6) is 0.751. The minimum Gasteiger partial charge on any atom is -0.372 e. The van der Waals surface area contributed by atoms with Crippen LogP contribution in [-0.2, 0) is 0 Å². The SMILES string of the molecule is Cc1n[nH]c(=S)n1/N=C\c1ccc(N2CCCCC2)cc1. The van der Waals surface area contributed by atoms with Crippen LogP contribution in [-0.4, -0.2) is 34.2 Å². The molecule has 1 aromatic heterocycles. The predicted molar refractivity (Wildman–Crippen MR) is 87.6 cm³/mol. The maximum Gasteiger partial charge on any atom is 0.216 e. The summed E-state index contributed by atoms with van der Waals surface area (Å²) in [6.45, 7) is 4.19. The van der Waals surface area contributed by atoms with Crippen molar-refractivity contribution in [2.45, 2.75) is 26.2 Å². The Kier molecular flexibility index (Phi) is 4.15. The van der Waals surface area contributed by atoms with E-state index in [-0.39, 0.29) is 0 Å². The third-order valence-corrected chi connectivity index (χ3v) is 4.01. The predicted octanol–water partition coefficient (Wildman–Crippen LogP) is 3.12. The highest BCUT2D eigenvalue weighted by molar-refractivity contribution is 7.71. The van der Waals surface area contributed by atoms with Gasteiger partial charge in [0.05, 0.1) is 6.21 Å². The average Bonchev–Trinajstić information content (AvgIpc) is 2.85. The molecular formula is C15H19N5S. The van der Waals surface area contributed by atoms with E-state index in [1.807, 2.05) is 6.92 Å². The fraction of sp³-hybridized carbons (Fsp3) is 0.400. The molecular weight excluding hydrogens is 282 g/mol. The molecule has 0 radical (unpaired) electrons. The molecule has 0 amide bonds. The maximum absolute atomic E-state index is 5.12. The Bertz CT molecular complexity index is 677. The van der Waals surface area contributed by atoms with Crippen molar-refractivity contribution < 1.29 is 0 Å². The zero-order valence-corrected chi connectivity index (χ0v) is 12.9. The van der Waals surface area contributed by atoms with Crippen molar-refractivity contribution in [1.29, 1.82) is 0 Å². The number of piperidine rings is 1. The third kappa shape index (κ3) is 3.21. The van der Waals surface area contributed by atoms with E-state index < -0.39 is 0 Å². The van der Waals surface area contributed by atoms with Crippen LogP contribution >= 0.6 is 12.2 Å². The van der Waals surface area contributed by atoms with Crippen molar-refractivity contribution in [3.8, 4) is 0 Å². The van der Waals surface area contributed by atoms with E-state index in [1.165, 1.54) is 24.9 Å². The van der Waals surface area contributed by atoms with Crippen LogP contribution < -0.4 is 4.90 Å². The van der Waals surface area contributed by atoms with Gasteiger partial charge >= 0.3 is 0 Å². The largest absolute Gasteiger partial charge is 0.372 e. The molecule has 1 aliphatic heterocycles. The second kappa shape index (κ2) is 6.22. The van der Waals surface area contributed by atoms with Gasteiger partial charge in [-0.25, -0.2) is 0 Å². The molecule has 21 heavy (non-hydrogen) atoms. The lowest BCUT2D eigenvalue weighted by molar-refractivity contribution is 0.578. The fourth-order valence-corrected chi connectivity index (χ4v) is 2.78. The van der Waals surface area contributed by atoms with Gasteiger partial charge < -0.3 is 4.90 Å². The molecule has 0 bridgehead atoms. The summed E-state index contributed by atoms with van der Waals surface area (Å²) in [6.07, 6.45) is 5.74. The molecule has 1 N–H and O–H groups in total. The van der Waals surface area contributed by atoms with Gasteiger partial charge in [0.2, 0.25) is 4.77 Å². The molecule has 0 unspecified atom stereocenters. The first-order chi connectivity index (χ1) is 10.2. The topological polar surface area (TPSA) is 49.2 Å². The van der Waals surface area contributed by atoms with Crippen LogP contribution in [0.2, 0.25) is 0 Å². The van der Waals surface area contributed by atoms with Crippen LogP contribution in [0.1, 0.15) is 30.7 Å². The number of aromatic nitrogens is 3. The highest BCUT2D eigenvalue weighted by Gasteiger charge is 2.10. The molecule has 1 aromatic carbocycles. The minimum absolute atomic E-state index is 0.508. The number of aryl methyl sites for hydroxylation is 1. The minimum atomic E-state index is 0.508. The van der Waals surface area contributed by atoms with Gasteiger partial charge in [-0.3, -0.25) is 5.10 Å². The van der Waals surface area contributed by atoms with Gasteiger partial charge in [0.15, 0.2) is 0 Å². The summed E-state index contributed by atoms with van der Waals surface area (Å²) >= 11 is 5.12. The average molecular weight is 301 g/mol. The molecule has 0 saturated carbocycles. The van der Waals surface area contributed by atoms with Crippen LogP contribution in [0.5, 0.6) is 0 Å². The number of anilines is 1. The number of nitrogens with zero attached hydrogens (tertiary/aromatic N) is 4. The molecule has 0 aliphatic carbocycles. The first kappa shape index (κ1) is 14.0. The summed E-state index contributed by atoms with van der Waals surface area (Å²) in [5.41, 5.74) is 2.35. The summed E-state index contributed by atoms with van der Waals surface area (Å²) in [7, 11) is 0. The molecule has 6 heteroatoms. The van der Waals surface area contributed by atoms with Crippen molar-refractivity contribution >= 4 is 24.1 Å². The summed E-state index contributed by atoms with van der Waals surface area (Å²) < 4.78 is 2.13. The Labute approximate surface area is 129 Å². The van der Waals surface area contributed by atoms with Gasteiger partial charge in [-0.05, 0) is 56.1 Å². The Morgan fingerprint density at radius 2 is 1.90 bits per heavy atom. The second-order valence-corrected chi connectivity index (χ2v) is 5.66. The van der Waals surface area contributed by atoms with Crippen LogP contribution in [0.15, 0.2) is 29.4 Å². The van der Waals surface area contributed by atoms with E-state index >= 15 is 0 Å². The number of hydrogen-bond donors (Lipinski definition) is 1. The van der Waals surface area contributed by atoms with Gasteiger partial charge in [-0.2, -0.15) is 14.9 Å². The van der Waals surface area contributed by atoms with Crippen molar-refractivity contribution in [3.05, 3.63) is 40.4 Å². The highest BCUT2D eigenvalue weighted by atomic mass is 32.1. The molecule has 1 fully saturated rings. The second-order valence-electron chi connectivity index (χ2n) is 5.27. The first-order valence-corrected chi connectivity index (χ1v) is 7.68. The van der Waals surface area contributed by atoms with Gasteiger partial charge in [0.25, 0.3) is 0 Å². The molecule has 2 heterocycles. The monoisotopic (exact) mass is 301 g/mol. The molecule has 0 atom stereocenters. The molecule has 3 rings (SSSR count). The molecule has 5 nitrogen and oxygen atoms in total. The van der Waals surface area contributed by atoms with E-state index in [4.69, 9.17) is 12.2 Å². The van der Waals surface area contributed by atoms with Crippen molar-refractivity contribution in [1.82, 2.24) is 14.9 Å². The van der Waals surface area contributed by atoms with E-state index in [2.05, 4.69) is 44.5 Å². The van der Waals surface area contributed by atoms with Crippen LogP contribution in [0.4, 0.5) is 5.69 Å². The van der Waals surface area contributed by atoms with Gasteiger partial charge in [-0.15, -0.1) is 0 Å². The number of nitrogens with one attached hydrogen (secondary N) is 1. The van der Waals surface area contributed by atoms with Gasteiger partial charge in [0, 0.05) is 18.8 Å². The van der Waals surface area contributed by atoms with Crippen LogP contribution in [0.25, 0.3) is 0 Å². The smallest absolute Gasteiger partial charge is 0.216 e. The number of benzene rings is 1. The quantitative estimate of drug-likeness (QED) is 0.700. The summed E-state index contributed by atoms with van der Waals surface area (Å²) in [6, 6.07) is 8.50. The lowest BCUT2D eigenvalue weighted by Gasteiger charge is -2.28. The molecule has 110 valence electrons. The van der Waals surface area contributed by atoms with Crippen molar-refractivity contribution in [3.63, 3.8) is 0 Å².